The van der Waals surface area contributed by atoms with Gasteiger partial charge >= 0.3 is 0 Å². The van der Waals surface area contributed by atoms with E-state index in [4.69, 9.17) is 0 Å². The molecule has 1 saturated carbocycles. The predicted octanol–water partition coefficient (Wildman–Crippen LogP) is 1.34. The summed E-state index contributed by atoms with van der Waals surface area (Å²) in [5.74, 6) is 0.664. The van der Waals surface area contributed by atoms with Gasteiger partial charge in [-0.2, -0.15) is 0 Å². The Bertz CT molecular complexity index is 587. The summed E-state index contributed by atoms with van der Waals surface area (Å²) in [7, 11) is 0. The van der Waals surface area contributed by atoms with Crippen molar-refractivity contribution in [2.24, 2.45) is 11.8 Å². The maximum Gasteiger partial charge on any atom is 0.226 e. The van der Waals surface area contributed by atoms with E-state index in [0.717, 1.165) is 62.7 Å². The molecule has 4 rings (SSSR count). The Morgan fingerprint density at radius 2 is 2.23 bits per heavy atom. The topological polar surface area (TPSA) is 66.3 Å². The lowest BCUT2D eigenvalue weighted by molar-refractivity contribution is -0.144. The molecule has 1 aliphatic heterocycles. The van der Waals surface area contributed by atoms with Gasteiger partial charge in [0.2, 0.25) is 5.91 Å². The van der Waals surface area contributed by atoms with Crippen LogP contribution in [0.1, 0.15) is 43.4 Å². The molecule has 3 aliphatic rings. The molecule has 2 atom stereocenters. The number of rotatable bonds is 2. The first-order valence-corrected chi connectivity index (χ1v) is 8.45. The van der Waals surface area contributed by atoms with E-state index in [1.807, 2.05) is 11.1 Å². The van der Waals surface area contributed by atoms with Crippen molar-refractivity contribution in [1.29, 1.82) is 0 Å². The number of aryl methyl sites for hydroxylation is 1. The highest BCUT2D eigenvalue weighted by atomic mass is 16.3. The van der Waals surface area contributed by atoms with Gasteiger partial charge in [-0.3, -0.25) is 4.79 Å². The molecule has 0 bridgehead atoms. The van der Waals surface area contributed by atoms with E-state index in [0.29, 0.717) is 12.5 Å². The molecule has 1 N–H and O–H groups in total. The van der Waals surface area contributed by atoms with Gasteiger partial charge in [0, 0.05) is 30.9 Å². The Hall–Kier alpha value is -1.49. The Morgan fingerprint density at radius 3 is 3.05 bits per heavy atom. The number of nitrogens with zero attached hydrogens (tertiary/aromatic N) is 3. The van der Waals surface area contributed by atoms with Crippen molar-refractivity contribution in [3.05, 3.63) is 23.8 Å². The maximum atomic E-state index is 12.9. The molecule has 5 heteroatoms. The zero-order chi connectivity index (χ0) is 15.2. The summed E-state index contributed by atoms with van der Waals surface area (Å²) in [4.78, 5) is 23.2. The number of hydrogen-bond donors (Lipinski definition) is 1. The van der Waals surface area contributed by atoms with Crippen molar-refractivity contribution < 1.29 is 9.90 Å². The molecule has 0 aromatic carbocycles. The minimum absolute atomic E-state index is 0.0278. The van der Waals surface area contributed by atoms with Crippen LogP contribution in [0, 0.1) is 11.8 Å². The summed E-state index contributed by atoms with van der Waals surface area (Å²) >= 11 is 0. The van der Waals surface area contributed by atoms with Crippen molar-refractivity contribution >= 4 is 5.91 Å². The number of hydrogen-bond acceptors (Lipinski definition) is 4. The third-order valence-electron chi connectivity index (χ3n) is 5.58. The number of piperidine rings is 1. The quantitative estimate of drug-likeness (QED) is 0.895. The fourth-order valence-corrected chi connectivity index (χ4v) is 4.13. The molecule has 22 heavy (non-hydrogen) atoms. The molecule has 1 saturated heterocycles. The van der Waals surface area contributed by atoms with Gasteiger partial charge in [0.15, 0.2) is 0 Å². The summed E-state index contributed by atoms with van der Waals surface area (Å²) in [5.41, 5.74) is 1.58. The standard InChI is InChI=1S/C17H23N3O2/c21-16(12-2-5-15-13(8-12)9-18-11-19-15)20-7-1-6-17(22,10-20)14-3-4-14/h9,11-12,14,22H,1-8,10H2. The Kier molecular flexibility index (Phi) is 3.40. The molecule has 0 radical (unpaired) electrons. The molecule has 2 heterocycles. The van der Waals surface area contributed by atoms with Crippen LogP contribution in [-0.4, -0.2) is 44.6 Å². The smallest absolute Gasteiger partial charge is 0.226 e. The molecule has 2 fully saturated rings. The predicted molar refractivity (Wildman–Crippen MR) is 81.0 cm³/mol. The van der Waals surface area contributed by atoms with Crippen molar-refractivity contribution in [1.82, 2.24) is 14.9 Å². The molecule has 2 aliphatic carbocycles. The summed E-state index contributed by atoms with van der Waals surface area (Å²) in [6.45, 7) is 1.33. The van der Waals surface area contributed by atoms with Crippen LogP contribution < -0.4 is 0 Å². The Labute approximate surface area is 130 Å². The van der Waals surface area contributed by atoms with Crippen molar-refractivity contribution in [2.45, 2.75) is 50.5 Å². The van der Waals surface area contributed by atoms with Gasteiger partial charge < -0.3 is 10.0 Å². The van der Waals surface area contributed by atoms with Crippen LogP contribution in [0.3, 0.4) is 0 Å². The first-order chi connectivity index (χ1) is 10.7. The second-order valence-corrected chi connectivity index (χ2v) is 7.18. The molecule has 1 aromatic rings. The van der Waals surface area contributed by atoms with Gasteiger partial charge in [-0.15, -0.1) is 0 Å². The van der Waals surface area contributed by atoms with Crippen LogP contribution in [-0.2, 0) is 17.6 Å². The second-order valence-electron chi connectivity index (χ2n) is 7.18. The highest BCUT2D eigenvalue weighted by Gasteiger charge is 2.47. The minimum atomic E-state index is -0.621. The van der Waals surface area contributed by atoms with Crippen LogP contribution in [0.2, 0.25) is 0 Å². The maximum absolute atomic E-state index is 12.9. The van der Waals surface area contributed by atoms with Gasteiger partial charge in [-0.1, -0.05) is 0 Å². The zero-order valence-electron chi connectivity index (χ0n) is 12.9. The summed E-state index contributed by atoms with van der Waals surface area (Å²) in [6, 6.07) is 0. The van der Waals surface area contributed by atoms with Crippen LogP contribution in [0.15, 0.2) is 12.5 Å². The third-order valence-corrected chi connectivity index (χ3v) is 5.58. The average molecular weight is 301 g/mol. The van der Waals surface area contributed by atoms with Gasteiger partial charge in [0.25, 0.3) is 0 Å². The number of aliphatic hydroxyl groups is 1. The number of fused-ring (bicyclic) bond motifs is 1. The Balaban J connectivity index is 1.46. The highest BCUT2D eigenvalue weighted by Crippen LogP contribution is 2.44. The summed E-state index contributed by atoms with van der Waals surface area (Å²) < 4.78 is 0. The van der Waals surface area contributed by atoms with Crippen molar-refractivity contribution in [3.63, 3.8) is 0 Å². The van der Waals surface area contributed by atoms with Gasteiger partial charge in [0.05, 0.1) is 5.60 Å². The molecule has 1 amide bonds. The minimum Gasteiger partial charge on any atom is -0.388 e. The van der Waals surface area contributed by atoms with Gasteiger partial charge in [-0.05, 0) is 56.4 Å². The van der Waals surface area contributed by atoms with Crippen molar-refractivity contribution in [3.8, 4) is 0 Å². The van der Waals surface area contributed by atoms with Crippen molar-refractivity contribution in [2.75, 3.05) is 13.1 Å². The van der Waals surface area contributed by atoms with E-state index in [-0.39, 0.29) is 11.8 Å². The number of β-amino-alcohol motifs (C(OH)–C–C–N with tert-alkyl or cyclic N) is 1. The van der Waals surface area contributed by atoms with Crippen LogP contribution >= 0.6 is 0 Å². The highest BCUT2D eigenvalue weighted by molar-refractivity contribution is 5.79. The van der Waals surface area contributed by atoms with E-state index in [2.05, 4.69) is 9.97 Å². The first-order valence-electron chi connectivity index (χ1n) is 8.45. The lowest BCUT2D eigenvalue weighted by Gasteiger charge is -2.41. The van der Waals surface area contributed by atoms with Crippen LogP contribution in [0.4, 0.5) is 0 Å². The zero-order valence-corrected chi connectivity index (χ0v) is 12.9. The number of aromatic nitrogens is 2. The van der Waals surface area contributed by atoms with E-state index in [1.54, 1.807) is 6.33 Å². The molecule has 1 aromatic heterocycles. The van der Waals surface area contributed by atoms with E-state index < -0.39 is 5.60 Å². The molecule has 118 valence electrons. The SMILES string of the molecule is O=C(C1CCc2ncncc2C1)N1CCCC(O)(C2CC2)C1. The molecule has 2 unspecified atom stereocenters. The fraction of sp³-hybridized carbons (Fsp3) is 0.706. The van der Waals surface area contributed by atoms with Gasteiger partial charge in [0.1, 0.15) is 6.33 Å². The number of carbonyl (C=O) groups is 1. The molecule has 5 nitrogen and oxygen atoms in total. The van der Waals surface area contributed by atoms with E-state index in [1.165, 1.54) is 0 Å². The Morgan fingerprint density at radius 1 is 1.36 bits per heavy atom. The number of amides is 1. The van der Waals surface area contributed by atoms with Crippen LogP contribution in [0.25, 0.3) is 0 Å². The van der Waals surface area contributed by atoms with E-state index in [9.17, 15) is 9.90 Å². The summed E-state index contributed by atoms with van der Waals surface area (Å²) in [6.07, 6.45) is 9.90. The largest absolute Gasteiger partial charge is 0.388 e. The number of carbonyl (C=O) groups excluding carboxylic acids is 1. The third kappa shape index (κ3) is 2.51. The normalized spacial score (nSPS) is 31.7. The monoisotopic (exact) mass is 301 g/mol. The lowest BCUT2D eigenvalue weighted by Crippen LogP contribution is -2.53. The molecular weight excluding hydrogens is 278 g/mol. The molecular formula is C17H23N3O2. The average Bonchev–Trinajstić information content (AvgIpc) is 3.39. The first kappa shape index (κ1) is 14.1. The summed E-state index contributed by atoms with van der Waals surface area (Å²) in [5, 5.41) is 10.8. The van der Waals surface area contributed by atoms with Crippen LogP contribution in [0.5, 0.6) is 0 Å². The van der Waals surface area contributed by atoms with Gasteiger partial charge in [-0.25, -0.2) is 9.97 Å². The molecule has 0 spiro atoms. The van der Waals surface area contributed by atoms with E-state index >= 15 is 0 Å². The number of likely N-dealkylation sites (tertiary alicyclic amines) is 1. The fourth-order valence-electron chi connectivity index (χ4n) is 4.13. The second kappa shape index (κ2) is 5.30. The lowest BCUT2D eigenvalue weighted by atomic mass is 9.84.